The van der Waals surface area contributed by atoms with E-state index in [2.05, 4.69) is 15.9 Å². The van der Waals surface area contributed by atoms with Gasteiger partial charge in [-0.1, -0.05) is 15.9 Å². The largest absolute Gasteiger partial charge is 0.492 e. The Morgan fingerprint density at radius 1 is 1.11 bits per heavy atom. The maximum Gasteiger partial charge on any atom is 0.293 e. The molecule has 1 aromatic heterocycles. The van der Waals surface area contributed by atoms with Crippen molar-refractivity contribution in [1.82, 2.24) is 14.4 Å². The Morgan fingerprint density at radius 3 is 2.61 bits per heavy atom. The van der Waals surface area contributed by atoms with Crippen LogP contribution in [0.4, 0.5) is 9.18 Å². The smallest absolute Gasteiger partial charge is 0.293 e. The topological polar surface area (TPSA) is 71.9 Å². The SMILES string of the molecule is O=C(Cn1cc(/C=C2\SC(=O)N(CCOc3ccc(F)cc3)C2=O)c2cc(Br)ccc21)N1CCCC1. The minimum atomic E-state index is -0.392. The van der Waals surface area contributed by atoms with Gasteiger partial charge in [0.2, 0.25) is 5.91 Å². The van der Waals surface area contributed by atoms with E-state index in [1.165, 1.54) is 24.3 Å². The molecule has 3 amide bonds. The van der Waals surface area contributed by atoms with E-state index in [9.17, 15) is 18.8 Å². The van der Waals surface area contributed by atoms with Crippen molar-refractivity contribution in [2.75, 3.05) is 26.2 Å². The number of nitrogens with zero attached hydrogens (tertiary/aromatic N) is 3. The van der Waals surface area contributed by atoms with E-state index in [1.807, 2.05) is 33.9 Å². The van der Waals surface area contributed by atoms with E-state index in [-0.39, 0.29) is 36.7 Å². The zero-order valence-corrected chi connectivity index (χ0v) is 21.7. The van der Waals surface area contributed by atoms with Gasteiger partial charge < -0.3 is 14.2 Å². The molecule has 2 saturated heterocycles. The van der Waals surface area contributed by atoms with Gasteiger partial charge >= 0.3 is 0 Å². The number of hydrogen-bond acceptors (Lipinski definition) is 5. The Labute approximate surface area is 220 Å². The van der Waals surface area contributed by atoms with Crippen molar-refractivity contribution >= 4 is 61.7 Å². The highest BCUT2D eigenvalue weighted by atomic mass is 79.9. The van der Waals surface area contributed by atoms with E-state index >= 15 is 0 Å². The van der Waals surface area contributed by atoms with Gasteiger partial charge in [-0.15, -0.1) is 0 Å². The molecular formula is C26H23BrFN3O4S. The number of fused-ring (bicyclic) bond motifs is 1. The quantitative estimate of drug-likeness (QED) is 0.361. The lowest BCUT2D eigenvalue weighted by atomic mass is 10.1. The summed E-state index contributed by atoms with van der Waals surface area (Å²) < 4.78 is 21.4. The molecule has 2 fully saturated rings. The average Bonchev–Trinajstić information content (AvgIpc) is 3.57. The number of likely N-dealkylation sites (tertiary alicyclic amines) is 1. The van der Waals surface area contributed by atoms with Gasteiger partial charge in [-0.25, -0.2) is 4.39 Å². The highest BCUT2D eigenvalue weighted by Gasteiger charge is 2.35. The molecule has 0 bridgehead atoms. The number of halogens is 2. The van der Waals surface area contributed by atoms with Crippen molar-refractivity contribution in [1.29, 1.82) is 0 Å². The second-order valence-corrected chi connectivity index (χ2v) is 10.5. The lowest BCUT2D eigenvalue weighted by Crippen LogP contribution is -2.32. The van der Waals surface area contributed by atoms with Crippen molar-refractivity contribution in [2.24, 2.45) is 0 Å². The summed E-state index contributed by atoms with van der Waals surface area (Å²) in [4.78, 5) is 41.7. The zero-order chi connectivity index (χ0) is 25.2. The number of imide groups is 1. The third-order valence-corrected chi connectivity index (χ3v) is 7.60. The Bertz CT molecular complexity index is 1370. The van der Waals surface area contributed by atoms with Gasteiger partial charge in [-0.3, -0.25) is 19.3 Å². The summed E-state index contributed by atoms with van der Waals surface area (Å²) in [6.07, 6.45) is 5.62. The fraction of sp³-hybridized carbons (Fsp3) is 0.269. The van der Waals surface area contributed by atoms with Crippen LogP contribution >= 0.6 is 27.7 Å². The normalized spacial score (nSPS) is 17.1. The lowest BCUT2D eigenvalue weighted by molar-refractivity contribution is -0.130. The lowest BCUT2D eigenvalue weighted by Gasteiger charge is -2.16. The van der Waals surface area contributed by atoms with Gasteiger partial charge in [0.05, 0.1) is 11.4 Å². The van der Waals surface area contributed by atoms with Crippen LogP contribution in [-0.2, 0) is 16.1 Å². The molecule has 0 spiro atoms. The Morgan fingerprint density at radius 2 is 1.86 bits per heavy atom. The number of aromatic nitrogens is 1. The van der Waals surface area contributed by atoms with Crippen LogP contribution in [0, 0.1) is 5.82 Å². The second-order valence-electron chi connectivity index (χ2n) is 8.60. The van der Waals surface area contributed by atoms with Gasteiger partial charge in [0.1, 0.15) is 24.7 Å². The molecule has 0 radical (unpaired) electrons. The first-order valence-electron chi connectivity index (χ1n) is 11.6. The van der Waals surface area contributed by atoms with Gasteiger partial charge in [-0.2, -0.15) is 0 Å². The number of thioether (sulfide) groups is 1. The molecule has 2 aliphatic rings. The maximum absolute atomic E-state index is 13.0. The molecule has 0 atom stereocenters. The monoisotopic (exact) mass is 571 g/mol. The molecule has 0 N–H and O–H groups in total. The first-order chi connectivity index (χ1) is 17.4. The summed E-state index contributed by atoms with van der Waals surface area (Å²) in [5, 5.41) is 0.508. The summed E-state index contributed by atoms with van der Waals surface area (Å²) in [7, 11) is 0. The first-order valence-corrected chi connectivity index (χ1v) is 13.2. The summed E-state index contributed by atoms with van der Waals surface area (Å²) in [5.41, 5.74) is 1.64. The van der Waals surface area contributed by atoms with E-state index in [0.29, 0.717) is 10.7 Å². The molecule has 3 heterocycles. The van der Waals surface area contributed by atoms with Crippen molar-refractivity contribution in [3.05, 3.63) is 69.4 Å². The number of benzene rings is 2. The third-order valence-electron chi connectivity index (χ3n) is 6.20. The van der Waals surface area contributed by atoms with Crippen LogP contribution < -0.4 is 4.74 Å². The van der Waals surface area contributed by atoms with Crippen molar-refractivity contribution in [3.63, 3.8) is 0 Å². The Kier molecular flexibility index (Phi) is 7.15. The average molecular weight is 572 g/mol. The summed E-state index contributed by atoms with van der Waals surface area (Å²) in [6, 6.07) is 11.3. The van der Waals surface area contributed by atoms with Crippen LogP contribution in [0.5, 0.6) is 5.75 Å². The Balaban J connectivity index is 1.34. The first kappa shape index (κ1) is 24.6. The van der Waals surface area contributed by atoms with Crippen LogP contribution in [0.25, 0.3) is 17.0 Å². The molecule has 2 aromatic carbocycles. The number of ether oxygens (including phenoxy) is 1. The molecule has 2 aliphatic heterocycles. The standard InChI is InChI=1S/C26H23BrFN3O4S/c27-18-3-8-22-21(14-18)17(15-30(22)16-24(32)29-9-1-2-10-29)13-23-25(33)31(26(34)36-23)11-12-35-20-6-4-19(28)5-7-20/h3-8,13-15H,1-2,9-12,16H2/b23-13-. The van der Waals surface area contributed by atoms with Gasteiger partial charge in [-0.05, 0) is 73.1 Å². The predicted molar refractivity (Wildman–Crippen MR) is 140 cm³/mol. The number of carbonyl (C=O) groups is 3. The van der Waals surface area contributed by atoms with Crippen LogP contribution in [0.2, 0.25) is 0 Å². The molecule has 186 valence electrons. The minimum Gasteiger partial charge on any atom is -0.492 e. The summed E-state index contributed by atoms with van der Waals surface area (Å²) in [6.45, 7) is 1.97. The molecule has 0 aliphatic carbocycles. The van der Waals surface area contributed by atoms with Crippen LogP contribution in [0.15, 0.2) is 58.0 Å². The highest BCUT2D eigenvalue weighted by molar-refractivity contribution is 9.10. The van der Waals surface area contributed by atoms with Crippen LogP contribution in [-0.4, -0.2) is 57.7 Å². The highest BCUT2D eigenvalue weighted by Crippen LogP contribution is 2.35. The minimum absolute atomic E-state index is 0.0698. The summed E-state index contributed by atoms with van der Waals surface area (Å²) in [5.74, 6) is -0.231. The van der Waals surface area contributed by atoms with Gasteiger partial charge in [0, 0.05) is 40.2 Å². The third kappa shape index (κ3) is 5.19. The number of amides is 3. The number of carbonyl (C=O) groups excluding carboxylic acids is 3. The van der Waals surface area contributed by atoms with Crippen molar-refractivity contribution in [3.8, 4) is 5.75 Å². The number of hydrogen-bond donors (Lipinski definition) is 0. The van der Waals surface area contributed by atoms with Crippen molar-refractivity contribution in [2.45, 2.75) is 19.4 Å². The fourth-order valence-electron chi connectivity index (χ4n) is 4.37. The maximum atomic E-state index is 13.0. The second kappa shape index (κ2) is 10.5. The molecule has 3 aromatic rings. The Hall–Kier alpha value is -3.11. The van der Waals surface area contributed by atoms with E-state index in [4.69, 9.17) is 4.74 Å². The van der Waals surface area contributed by atoms with E-state index in [1.54, 1.807) is 6.08 Å². The van der Waals surface area contributed by atoms with Crippen LogP contribution in [0.3, 0.4) is 0 Å². The summed E-state index contributed by atoms with van der Waals surface area (Å²) >= 11 is 4.38. The molecule has 10 heteroatoms. The van der Waals surface area contributed by atoms with Gasteiger partial charge in [0.15, 0.2) is 0 Å². The van der Waals surface area contributed by atoms with E-state index in [0.717, 1.165) is 63.5 Å². The molecule has 5 rings (SSSR count). The predicted octanol–water partition coefficient (Wildman–Crippen LogP) is 5.28. The number of rotatable bonds is 7. The molecule has 0 unspecified atom stereocenters. The molecular weight excluding hydrogens is 549 g/mol. The molecule has 7 nitrogen and oxygen atoms in total. The van der Waals surface area contributed by atoms with Crippen molar-refractivity contribution < 1.29 is 23.5 Å². The molecule has 0 saturated carbocycles. The fourth-order valence-corrected chi connectivity index (χ4v) is 5.59. The van der Waals surface area contributed by atoms with Crippen LogP contribution in [0.1, 0.15) is 18.4 Å². The van der Waals surface area contributed by atoms with E-state index < -0.39 is 5.91 Å². The van der Waals surface area contributed by atoms with Gasteiger partial charge in [0.25, 0.3) is 11.1 Å². The molecule has 36 heavy (non-hydrogen) atoms. The zero-order valence-electron chi connectivity index (χ0n) is 19.3.